The number of rotatable bonds is 6. The molecule has 0 unspecified atom stereocenters. The number of aromatic amines is 1. The minimum atomic E-state index is -4.40. The molecule has 0 spiro atoms. The van der Waals surface area contributed by atoms with E-state index in [1.807, 2.05) is 16.8 Å². The van der Waals surface area contributed by atoms with Crippen LogP contribution in [0.2, 0.25) is 0 Å². The van der Waals surface area contributed by atoms with Crippen LogP contribution in [0.5, 0.6) is 0 Å². The molecule has 9 nitrogen and oxygen atoms in total. The van der Waals surface area contributed by atoms with Crippen molar-refractivity contribution in [3.05, 3.63) is 69.9 Å². The monoisotopic (exact) mass is 567 g/mol. The van der Waals surface area contributed by atoms with Gasteiger partial charge < -0.3 is 14.8 Å². The molecule has 2 aliphatic heterocycles. The second-order valence-corrected chi connectivity index (χ2v) is 10.9. The van der Waals surface area contributed by atoms with E-state index in [0.717, 1.165) is 67.8 Å². The van der Waals surface area contributed by atoms with Gasteiger partial charge in [0.05, 0.1) is 16.8 Å². The van der Waals surface area contributed by atoms with E-state index in [-0.39, 0.29) is 17.6 Å². The van der Waals surface area contributed by atoms with Gasteiger partial charge in [-0.1, -0.05) is 12.1 Å². The highest BCUT2D eigenvalue weighted by Gasteiger charge is 2.31. The van der Waals surface area contributed by atoms with Crippen molar-refractivity contribution in [1.29, 1.82) is 0 Å². The topological polar surface area (TPSA) is 92.0 Å². The zero-order chi connectivity index (χ0) is 28.7. The van der Waals surface area contributed by atoms with Crippen molar-refractivity contribution in [2.24, 2.45) is 0 Å². The smallest absolute Gasteiger partial charge is 0.338 e. The van der Waals surface area contributed by atoms with E-state index in [1.165, 1.54) is 19.1 Å². The molecule has 0 atom stereocenters. The first kappa shape index (κ1) is 27.3. The Hall–Kier alpha value is -3.93. The zero-order valence-corrected chi connectivity index (χ0v) is 22.8. The summed E-state index contributed by atoms with van der Waals surface area (Å²) < 4.78 is 43.1. The van der Waals surface area contributed by atoms with Crippen molar-refractivity contribution in [3.63, 3.8) is 0 Å². The number of benzene rings is 1. The number of likely N-dealkylation sites (tertiary alicyclic amines) is 1. The van der Waals surface area contributed by atoms with Crippen LogP contribution in [0, 0.1) is 0 Å². The highest BCUT2D eigenvalue weighted by atomic mass is 19.4. The Balaban J connectivity index is 1.13. The number of nitrogens with zero attached hydrogens (tertiary/aromatic N) is 6. The molecule has 3 aromatic heterocycles. The van der Waals surface area contributed by atoms with Crippen LogP contribution >= 0.6 is 0 Å². The van der Waals surface area contributed by atoms with Crippen molar-refractivity contribution >= 4 is 17.1 Å². The lowest BCUT2D eigenvalue weighted by Gasteiger charge is -2.32. The Labute approximate surface area is 234 Å². The molecule has 216 valence electrons. The Morgan fingerprint density at radius 3 is 2.54 bits per heavy atom. The van der Waals surface area contributed by atoms with Gasteiger partial charge in [0.15, 0.2) is 5.65 Å². The second kappa shape index (κ2) is 10.8. The average Bonchev–Trinajstić information content (AvgIpc) is 3.49. The van der Waals surface area contributed by atoms with Gasteiger partial charge in [0.2, 0.25) is 5.91 Å². The van der Waals surface area contributed by atoms with E-state index in [9.17, 15) is 22.8 Å². The third-order valence-corrected chi connectivity index (χ3v) is 8.31. The third kappa shape index (κ3) is 5.40. The third-order valence-electron chi connectivity index (χ3n) is 8.31. The maximum Gasteiger partial charge on any atom is 0.416 e. The summed E-state index contributed by atoms with van der Waals surface area (Å²) >= 11 is 0. The number of aromatic nitrogens is 5. The van der Waals surface area contributed by atoms with Gasteiger partial charge in [-0.25, -0.2) is 9.78 Å². The van der Waals surface area contributed by atoms with E-state index < -0.39 is 11.7 Å². The maximum atomic E-state index is 13.1. The van der Waals surface area contributed by atoms with E-state index in [1.54, 1.807) is 15.7 Å². The molecule has 0 aliphatic carbocycles. The lowest BCUT2D eigenvalue weighted by molar-refractivity contribution is -0.137. The number of imidazole rings is 1. The summed E-state index contributed by atoms with van der Waals surface area (Å²) in [5.74, 6) is -0.0316. The summed E-state index contributed by atoms with van der Waals surface area (Å²) in [7, 11) is 0. The summed E-state index contributed by atoms with van der Waals surface area (Å²) in [6.45, 7) is 5.82. The lowest BCUT2D eigenvalue weighted by Crippen LogP contribution is -2.38. The van der Waals surface area contributed by atoms with Crippen LogP contribution in [0.1, 0.15) is 49.0 Å². The van der Waals surface area contributed by atoms with E-state index in [4.69, 9.17) is 5.10 Å². The number of hydrogen-bond acceptors (Lipinski definition) is 5. The number of aryl methyl sites for hydroxylation is 1. The lowest BCUT2D eigenvalue weighted by atomic mass is 10.00. The predicted molar refractivity (Wildman–Crippen MR) is 147 cm³/mol. The first-order valence-electron chi connectivity index (χ1n) is 14.0. The number of nitrogens with one attached hydrogen (secondary N) is 1. The summed E-state index contributed by atoms with van der Waals surface area (Å²) in [5, 5.41) is 4.85. The molecule has 1 fully saturated rings. The summed E-state index contributed by atoms with van der Waals surface area (Å²) in [6, 6.07) is 8.86. The Bertz CT molecular complexity index is 1610. The minimum absolute atomic E-state index is 0.0316. The molecule has 5 heterocycles. The molecule has 1 N–H and O–H groups in total. The number of pyridine rings is 1. The predicted octanol–water partition coefficient (Wildman–Crippen LogP) is 4.24. The molecular formula is C29H32F3N7O2. The summed E-state index contributed by atoms with van der Waals surface area (Å²) in [4.78, 5) is 36.1. The number of fused-ring (bicyclic) bond motifs is 2. The first-order chi connectivity index (χ1) is 19.7. The molecular weight excluding hydrogens is 535 g/mol. The first-order valence-corrected chi connectivity index (χ1v) is 14.0. The number of amides is 1. The van der Waals surface area contributed by atoms with Gasteiger partial charge in [-0.15, -0.1) is 0 Å². The summed E-state index contributed by atoms with van der Waals surface area (Å²) in [5.41, 5.74) is 3.84. The molecule has 0 bridgehead atoms. The second-order valence-electron chi connectivity index (χ2n) is 10.9. The van der Waals surface area contributed by atoms with Gasteiger partial charge in [0, 0.05) is 75.1 Å². The number of alkyl halides is 3. The van der Waals surface area contributed by atoms with Crippen LogP contribution in [-0.2, 0) is 30.5 Å². The molecule has 6 rings (SSSR count). The Morgan fingerprint density at radius 1 is 1.07 bits per heavy atom. The minimum Gasteiger partial charge on any atom is -0.338 e. The van der Waals surface area contributed by atoms with E-state index in [2.05, 4.69) is 14.9 Å². The van der Waals surface area contributed by atoms with Crippen LogP contribution in [0.4, 0.5) is 13.2 Å². The highest BCUT2D eigenvalue weighted by Crippen LogP contribution is 2.34. The van der Waals surface area contributed by atoms with Gasteiger partial charge in [0.25, 0.3) is 0 Å². The van der Waals surface area contributed by atoms with Gasteiger partial charge in [-0.3, -0.25) is 14.0 Å². The van der Waals surface area contributed by atoms with Crippen LogP contribution in [0.3, 0.4) is 0 Å². The number of halogens is 3. The standard InChI is InChI=1S/C29H32F3N7O2/c1-19(40)37-17-11-25-23(18-37)26(20-5-7-21(8-6-20)29(30,31)32)35-38(25)14-3-13-36-15-9-22(10-16-36)39-27-24(34-28(39)41)4-2-12-33-27/h2,4-8,12,22H,3,9-11,13-18H2,1H3,(H,34,41). The van der Waals surface area contributed by atoms with Gasteiger partial charge in [-0.05, 0) is 50.1 Å². The summed E-state index contributed by atoms with van der Waals surface area (Å²) in [6.07, 6.45) is 0.534. The zero-order valence-electron chi connectivity index (χ0n) is 22.8. The molecule has 1 aromatic carbocycles. The fourth-order valence-corrected chi connectivity index (χ4v) is 6.14. The molecule has 1 amide bonds. The molecule has 4 aromatic rings. The Kier molecular flexibility index (Phi) is 7.18. The quantitative estimate of drug-likeness (QED) is 0.377. The molecule has 12 heteroatoms. The number of H-pyrrole nitrogens is 1. The average molecular weight is 568 g/mol. The molecule has 2 aliphatic rings. The SMILES string of the molecule is CC(=O)N1CCc2c(c(-c3ccc(C(F)(F)F)cc3)nn2CCCN2CCC(n3c(=O)[nH]c4cccnc43)CC2)C1. The van der Waals surface area contributed by atoms with Crippen LogP contribution in [0.15, 0.2) is 47.4 Å². The normalized spacial score (nSPS) is 16.8. The van der Waals surface area contributed by atoms with Crippen molar-refractivity contribution in [2.45, 2.75) is 57.9 Å². The van der Waals surface area contributed by atoms with Crippen molar-refractivity contribution in [1.82, 2.24) is 34.1 Å². The number of hydrogen-bond donors (Lipinski definition) is 1. The maximum absolute atomic E-state index is 13.1. The Morgan fingerprint density at radius 2 is 1.83 bits per heavy atom. The molecule has 41 heavy (non-hydrogen) atoms. The van der Waals surface area contributed by atoms with Crippen molar-refractivity contribution < 1.29 is 18.0 Å². The fourth-order valence-electron chi connectivity index (χ4n) is 6.14. The molecule has 0 saturated carbocycles. The number of carbonyl (C=O) groups excluding carboxylic acids is 1. The van der Waals surface area contributed by atoms with E-state index in [0.29, 0.717) is 43.0 Å². The number of piperidine rings is 1. The highest BCUT2D eigenvalue weighted by molar-refractivity contribution is 5.75. The van der Waals surface area contributed by atoms with Gasteiger partial charge in [-0.2, -0.15) is 18.3 Å². The van der Waals surface area contributed by atoms with Crippen molar-refractivity contribution in [3.8, 4) is 11.3 Å². The van der Waals surface area contributed by atoms with E-state index >= 15 is 0 Å². The van der Waals surface area contributed by atoms with Crippen LogP contribution < -0.4 is 5.69 Å². The largest absolute Gasteiger partial charge is 0.416 e. The molecule has 0 radical (unpaired) electrons. The molecule has 1 saturated heterocycles. The van der Waals surface area contributed by atoms with Gasteiger partial charge >= 0.3 is 11.9 Å². The van der Waals surface area contributed by atoms with Crippen molar-refractivity contribution in [2.75, 3.05) is 26.2 Å². The fraction of sp³-hybridized carbons (Fsp3) is 0.448. The number of carbonyl (C=O) groups is 1. The van der Waals surface area contributed by atoms with Gasteiger partial charge in [0.1, 0.15) is 0 Å². The van der Waals surface area contributed by atoms with Crippen LogP contribution in [-0.4, -0.2) is 66.2 Å². The van der Waals surface area contributed by atoms with Crippen LogP contribution in [0.25, 0.3) is 22.4 Å².